The van der Waals surface area contributed by atoms with Crippen LogP contribution in [0.15, 0.2) is 108 Å². The number of ether oxygens (including phenoxy) is 1. The maximum absolute atomic E-state index is 13.6. The number of oxazole rings is 1. The van der Waals surface area contributed by atoms with E-state index < -0.39 is 23.8 Å². The minimum atomic E-state index is -0.976. The van der Waals surface area contributed by atoms with Crippen LogP contribution in [0, 0.1) is 0 Å². The Kier molecular flexibility index (Phi) is 6.76. The van der Waals surface area contributed by atoms with Gasteiger partial charge in [0.15, 0.2) is 12.2 Å². The number of hydrogen-bond donors (Lipinski definition) is 0. The number of para-hydroxylation sites is 3. The van der Waals surface area contributed by atoms with Gasteiger partial charge in [-0.3, -0.25) is 19.4 Å². The zero-order valence-corrected chi connectivity index (χ0v) is 21.3. The highest BCUT2D eigenvalue weighted by molar-refractivity contribution is 6.23. The number of amides is 3. The normalized spacial score (nSPS) is 15.0. The number of imide groups is 1. The Balaban J connectivity index is 1.23. The van der Waals surface area contributed by atoms with Gasteiger partial charge in [0.2, 0.25) is 11.8 Å². The fraction of sp³-hybridized carbons (Fsp3) is 0.129. The maximum atomic E-state index is 13.6. The van der Waals surface area contributed by atoms with Gasteiger partial charge in [-0.15, -0.1) is 0 Å². The van der Waals surface area contributed by atoms with Crippen LogP contribution < -0.4 is 9.64 Å². The van der Waals surface area contributed by atoms with Crippen LogP contribution in [0.3, 0.4) is 0 Å². The summed E-state index contributed by atoms with van der Waals surface area (Å²) in [6.45, 7) is -0.166. The topological polar surface area (TPSA) is 106 Å². The monoisotopic (exact) mass is 532 g/mol. The summed E-state index contributed by atoms with van der Waals surface area (Å²) in [6, 6.07) is 25.9. The molecule has 1 aliphatic rings. The van der Waals surface area contributed by atoms with Gasteiger partial charge >= 0.3 is 0 Å². The zero-order valence-electron chi connectivity index (χ0n) is 21.3. The first-order valence-corrected chi connectivity index (χ1v) is 12.8. The molecule has 6 rings (SSSR count). The van der Waals surface area contributed by atoms with E-state index in [-0.39, 0.29) is 19.6 Å². The van der Waals surface area contributed by atoms with Crippen LogP contribution in [-0.2, 0) is 20.9 Å². The van der Waals surface area contributed by atoms with Crippen LogP contribution in [0.2, 0.25) is 0 Å². The molecule has 9 heteroatoms. The van der Waals surface area contributed by atoms with Crippen LogP contribution in [0.5, 0.6) is 5.75 Å². The lowest BCUT2D eigenvalue weighted by Crippen LogP contribution is -2.46. The van der Waals surface area contributed by atoms with Crippen molar-refractivity contribution >= 4 is 34.5 Å². The Hall–Kier alpha value is -5.31. The summed E-state index contributed by atoms with van der Waals surface area (Å²) in [5.74, 6) is -0.302. The predicted octanol–water partition coefficient (Wildman–Crippen LogP) is 4.63. The number of pyridine rings is 1. The summed E-state index contributed by atoms with van der Waals surface area (Å²) in [7, 11) is 0. The fourth-order valence-corrected chi connectivity index (χ4v) is 4.68. The Morgan fingerprint density at radius 3 is 2.48 bits per heavy atom. The first kappa shape index (κ1) is 25.0. The SMILES string of the molecule is O=C1CC(N(Cc2cccnc2)C(=O)COc2ccccc2)C(=O)N1c1ccc(-c2nc3ccccc3o2)cc1. The first-order valence-electron chi connectivity index (χ1n) is 12.8. The summed E-state index contributed by atoms with van der Waals surface area (Å²) in [5.41, 5.74) is 3.26. The third-order valence-corrected chi connectivity index (χ3v) is 6.67. The number of anilines is 1. The minimum absolute atomic E-state index is 0.110. The van der Waals surface area contributed by atoms with E-state index in [0.717, 1.165) is 16.0 Å². The molecule has 9 nitrogen and oxygen atoms in total. The molecule has 0 radical (unpaired) electrons. The van der Waals surface area contributed by atoms with Crippen LogP contribution in [-0.4, -0.2) is 45.2 Å². The summed E-state index contributed by atoms with van der Waals surface area (Å²) in [5, 5.41) is 0. The lowest BCUT2D eigenvalue weighted by Gasteiger charge is -2.27. The first-order chi connectivity index (χ1) is 19.6. The third-order valence-electron chi connectivity index (χ3n) is 6.67. The number of hydrogen-bond acceptors (Lipinski definition) is 7. The van der Waals surface area contributed by atoms with Gasteiger partial charge in [-0.2, -0.15) is 0 Å². The standard InChI is InChI=1S/C31H24N4O5/c36-28-17-26(34(19-21-7-6-16-32-18-21)29(37)20-39-24-8-2-1-3-9-24)31(38)35(28)23-14-12-22(13-15-23)30-33-25-10-4-5-11-27(25)40-30/h1-16,18,26H,17,19-20H2. The summed E-state index contributed by atoms with van der Waals surface area (Å²) >= 11 is 0. The van der Waals surface area contributed by atoms with E-state index in [1.807, 2.05) is 36.4 Å². The second kappa shape index (κ2) is 10.8. The summed E-state index contributed by atoms with van der Waals surface area (Å²) in [6.07, 6.45) is 3.12. The van der Waals surface area contributed by atoms with Crippen molar-refractivity contribution in [3.8, 4) is 17.2 Å². The molecule has 1 fully saturated rings. The van der Waals surface area contributed by atoms with Gasteiger partial charge in [0.05, 0.1) is 12.1 Å². The number of carbonyl (C=O) groups is 3. The molecule has 0 aliphatic carbocycles. The van der Waals surface area contributed by atoms with Crippen molar-refractivity contribution in [2.45, 2.75) is 19.0 Å². The molecule has 40 heavy (non-hydrogen) atoms. The molecule has 2 aromatic heterocycles. The summed E-state index contributed by atoms with van der Waals surface area (Å²) in [4.78, 5) is 51.2. The Bertz CT molecular complexity index is 1640. The maximum Gasteiger partial charge on any atom is 0.261 e. The molecular formula is C31H24N4O5. The number of rotatable bonds is 8. The van der Waals surface area contributed by atoms with E-state index in [4.69, 9.17) is 9.15 Å². The van der Waals surface area contributed by atoms with E-state index in [0.29, 0.717) is 28.5 Å². The van der Waals surface area contributed by atoms with Crippen molar-refractivity contribution in [3.05, 3.63) is 109 Å². The molecule has 0 spiro atoms. The highest BCUT2D eigenvalue weighted by atomic mass is 16.5. The predicted molar refractivity (Wildman–Crippen MR) is 147 cm³/mol. The number of carbonyl (C=O) groups excluding carboxylic acids is 3. The van der Waals surface area contributed by atoms with Crippen molar-refractivity contribution in [2.75, 3.05) is 11.5 Å². The Morgan fingerprint density at radius 2 is 1.73 bits per heavy atom. The van der Waals surface area contributed by atoms with Gasteiger partial charge in [-0.25, -0.2) is 9.88 Å². The van der Waals surface area contributed by atoms with Crippen LogP contribution in [0.25, 0.3) is 22.6 Å². The van der Waals surface area contributed by atoms with Crippen LogP contribution in [0.4, 0.5) is 5.69 Å². The van der Waals surface area contributed by atoms with E-state index in [9.17, 15) is 14.4 Å². The van der Waals surface area contributed by atoms with E-state index in [1.165, 1.54) is 4.90 Å². The van der Waals surface area contributed by atoms with E-state index in [2.05, 4.69) is 9.97 Å². The quantitative estimate of drug-likeness (QED) is 0.268. The largest absolute Gasteiger partial charge is 0.484 e. The van der Waals surface area contributed by atoms with Crippen molar-refractivity contribution in [2.24, 2.45) is 0 Å². The summed E-state index contributed by atoms with van der Waals surface area (Å²) < 4.78 is 11.5. The number of fused-ring (bicyclic) bond motifs is 1. The van der Waals surface area contributed by atoms with Gasteiger partial charge in [0, 0.05) is 24.5 Å². The molecule has 3 aromatic carbocycles. The van der Waals surface area contributed by atoms with E-state index >= 15 is 0 Å². The van der Waals surface area contributed by atoms with Crippen molar-refractivity contribution in [1.82, 2.24) is 14.9 Å². The number of benzene rings is 3. The van der Waals surface area contributed by atoms with E-state index in [1.54, 1.807) is 67.0 Å². The second-order valence-electron chi connectivity index (χ2n) is 9.31. The molecule has 198 valence electrons. The molecule has 0 N–H and O–H groups in total. The molecule has 5 aromatic rings. The third kappa shape index (κ3) is 5.04. The molecule has 1 aliphatic heterocycles. The van der Waals surface area contributed by atoms with Crippen molar-refractivity contribution in [3.63, 3.8) is 0 Å². The zero-order chi connectivity index (χ0) is 27.5. The minimum Gasteiger partial charge on any atom is -0.484 e. The van der Waals surface area contributed by atoms with Gasteiger partial charge in [-0.1, -0.05) is 36.4 Å². The molecule has 1 saturated heterocycles. The Labute approximate surface area is 229 Å². The second-order valence-corrected chi connectivity index (χ2v) is 9.31. The van der Waals surface area contributed by atoms with Gasteiger partial charge in [0.25, 0.3) is 11.8 Å². The highest BCUT2D eigenvalue weighted by Crippen LogP contribution is 2.30. The smallest absolute Gasteiger partial charge is 0.261 e. The average Bonchev–Trinajstić information content (AvgIpc) is 3.56. The lowest BCUT2D eigenvalue weighted by molar-refractivity contribution is -0.140. The molecule has 1 unspecified atom stereocenters. The molecule has 3 heterocycles. The Morgan fingerprint density at radius 1 is 0.950 bits per heavy atom. The van der Waals surface area contributed by atoms with Gasteiger partial charge in [-0.05, 0) is 60.2 Å². The lowest BCUT2D eigenvalue weighted by atomic mass is 10.1. The molecular weight excluding hydrogens is 508 g/mol. The van der Waals surface area contributed by atoms with Crippen LogP contribution >= 0.6 is 0 Å². The van der Waals surface area contributed by atoms with Crippen LogP contribution in [0.1, 0.15) is 12.0 Å². The van der Waals surface area contributed by atoms with Gasteiger partial charge in [0.1, 0.15) is 17.3 Å². The van der Waals surface area contributed by atoms with Crippen molar-refractivity contribution in [1.29, 1.82) is 0 Å². The molecule has 0 bridgehead atoms. The molecule has 0 saturated carbocycles. The fourth-order valence-electron chi connectivity index (χ4n) is 4.68. The molecule has 1 atom stereocenters. The molecule has 3 amide bonds. The number of aromatic nitrogens is 2. The highest BCUT2D eigenvalue weighted by Gasteiger charge is 2.44. The average molecular weight is 533 g/mol. The van der Waals surface area contributed by atoms with Crippen molar-refractivity contribution < 1.29 is 23.5 Å². The van der Waals surface area contributed by atoms with Gasteiger partial charge < -0.3 is 14.1 Å². The number of nitrogens with zero attached hydrogens (tertiary/aromatic N) is 4.